The molecule has 2 N–H and O–H groups in total. The predicted molar refractivity (Wildman–Crippen MR) is 133 cm³/mol. The fourth-order valence-corrected chi connectivity index (χ4v) is 5.66. The lowest BCUT2D eigenvalue weighted by molar-refractivity contribution is 0.0358. The van der Waals surface area contributed by atoms with Gasteiger partial charge in [0.1, 0.15) is 5.75 Å². The van der Waals surface area contributed by atoms with Crippen LogP contribution in [0.2, 0.25) is 0 Å². The second-order valence-corrected chi connectivity index (χ2v) is 10.8. The van der Waals surface area contributed by atoms with Crippen LogP contribution in [0.25, 0.3) is 38.6 Å². The maximum atomic E-state index is 12.3. The zero-order valence-corrected chi connectivity index (χ0v) is 20.1. The summed E-state index contributed by atoms with van der Waals surface area (Å²) in [6.45, 7) is 5.03. The van der Waals surface area contributed by atoms with E-state index in [0.717, 1.165) is 66.7 Å². The summed E-state index contributed by atoms with van der Waals surface area (Å²) in [6.07, 6.45) is 7.51. The van der Waals surface area contributed by atoms with Gasteiger partial charge in [-0.3, -0.25) is 10.00 Å². The molecule has 182 valence electrons. The number of sulfone groups is 1. The van der Waals surface area contributed by atoms with Gasteiger partial charge in [0.05, 0.1) is 53.5 Å². The largest absolute Gasteiger partial charge is 0.492 e. The molecule has 1 fully saturated rings. The highest BCUT2D eigenvalue weighted by Gasteiger charge is 2.20. The quantitative estimate of drug-likeness (QED) is 0.334. The van der Waals surface area contributed by atoms with Crippen molar-refractivity contribution in [1.82, 2.24) is 29.7 Å². The van der Waals surface area contributed by atoms with E-state index in [1.165, 1.54) is 6.26 Å². The molecule has 0 spiro atoms. The van der Waals surface area contributed by atoms with Gasteiger partial charge in [-0.1, -0.05) is 6.07 Å². The van der Waals surface area contributed by atoms with Crippen LogP contribution in [0.1, 0.15) is 6.42 Å². The van der Waals surface area contributed by atoms with E-state index in [0.29, 0.717) is 23.5 Å². The summed E-state index contributed by atoms with van der Waals surface area (Å²) < 4.78 is 38.1. The molecule has 1 aliphatic rings. The van der Waals surface area contributed by atoms with Crippen molar-refractivity contribution in [3.05, 3.63) is 42.9 Å². The molecule has 0 unspecified atom stereocenters. The highest BCUT2D eigenvalue weighted by molar-refractivity contribution is 7.91. The van der Waals surface area contributed by atoms with Gasteiger partial charge in [0.15, 0.2) is 15.5 Å². The number of rotatable bonds is 7. The molecule has 1 aliphatic heterocycles. The fourth-order valence-electron chi connectivity index (χ4n) is 4.80. The van der Waals surface area contributed by atoms with E-state index in [2.05, 4.69) is 25.2 Å². The first-order valence-corrected chi connectivity index (χ1v) is 13.5. The van der Waals surface area contributed by atoms with Crippen LogP contribution >= 0.6 is 0 Å². The number of nitrogens with zero attached hydrogens (tertiary/aromatic N) is 4. The van der Waals surface area contributed by atoms with E-state index in [1.807, 2.05) is 24.4 Å². The molecule has 10 nitrogen and oxygen atoms in total. The Balaban J connectivity index is 1.40. The topological polar surface area (TPSA) is 118 Å². The fraction of sp³-hybridized carbons (Fsp3) is 0.333. The Morgan fingerprint density at radius 2 is 2.00 bits per heavy atom. The molecule has 6 rings (SSSR count). The number of hydrogen-bond acceptors (Lipinski definition) is 7. The molecule has 5 aromatic rings. The first kappa shape index (κ1) is 22.1. The van der Waals surface area contributed by atoms with Crippen LogP contribution in [0.15, 0.2) is 47.8 Å². The third kappa shape index (κ3) is 4.05. The molecular weight excluding hydrogens is 468 g/mol. The lowest BCUT2D eigenvalue weighted by atomic mass is 10.0. The van der Waals surface area contributed by atoms with Gasteiger partial charge in [0, 0.05) is 43.0 Å². The van der Waals surface area contributed by atoms with Crippen molar-refractivity contribution in [3.8, 4) is 16.9 Å². The summed E-state index contributed by atoms with van der Waals surface area (Å²) in [5, 5.41) is 13.4. The van der Waals surface area contributed by atoms with Crippen molar-refractivity contribution >= 4 is 37.3 Å². The monoisotopic (exact) mass is 494 g/mol. The van der Waals surface area contributed by atoms with Crippen molar-refractivity contribution in [2.45, 2.75) is 11.3 Å². The van der Waals surface area contributed by atoms with E-state index < -0.39 is 9.84 Å². The minimum absolute atomic E-state index is 0.273. The van der Waals surface area contributed by atoms with E-state index in [1.54, 1.807) is 23.0 Å². The van der Waals surface area contributed by atoms with Crippen molar-refractivity contribution in [3.63, 3.8) is 0 Å². The van der Waals surface area contributed by atoms with Crippen LogP contribution in [-0.2, 0) is 14.6 Å². The van der Waals surface area contributed by atoms with Crippen LogP contribution in [0.5, 0.6) is 5.75 Å². The number of benzene rings is 1. The Kier molecular flexibility index (Phi) is 5.47. The Morgan fingerprint density at radius 1 is 1.14 bits per heavy atom. The molecule has 0 bridgehead atoms. The van der Waals surface area contributed by atoms with Gasteiger partial charge in [0.2, 0.25) is 0 Å². The van der Waals surface area contributed by atoms with E-state index in [-0.39, 0.29) is 4.90 Å². The highest BCUT2D eigenvalue weighted by atomic mass is 32.2. The first-order chi connectivity index (χ1) is 17.0. The normalized spacial score (nSPS) is 15.5. The number of morpholine rings is 1. The van der Waals surface area contributed by atoms with Crippen LogP contribution in [-0.4, -0.2) is 83.8 Å². The number of hydrogen-bond donors (Lipinski definition) is 2. The first-order valence-electron chi connectivity index (χ1n) is 11.6. The summed E-state index contributed by atoms with van der Waals surface area (Å²) >= 11 is 0. The zero-order valence-electron chi connectivity index (χ0n) is 19.3. The van der Waals surface area contributed by atoms with Crippen LogP contribution < -0.4 is 4.74 Å². The molecule has 11 heteroatoms. The van der Waals surface area contributed by atoms with Gasteiger partial charge in [-0.05, 0) is 30.2 Å². The van der Waals surface area contributed by atoms with Gasteiger partial charge >= 0.3 is 0 Å². The van der Waals surface area contributed by atoms with E-state index >= 15 is 0 Å². The minimum atomic E-state index is -3.39. The maximum Gasteiger partial charge on any atom is 0.178 e. The number of aromatic nitrogens is 5. The van der Waals surface area contributed by atoms with Gasteiger partial charge in [0.25, 0.3) is 0 Å². The SMILES string of the molecule is CS(=O)(=O)c1ccc(-c2cc(OCCCN3CCOCC3)cn3nc4[nH]ncc4c23)c2cc[nH]c12. The van der Waals surface area contributed by atoms with Crippen molar-refractivity contribution in [2.24, 2.45) is 0 Å². The minimum Gasteiger partial charge on any atom is -0.492 e. The third-order valence-electron chi connectivity index (χ3n) is 6.47. The Hall–Kier alpha value is -3.41. The number of pyridine rings is 1. The lowest BCUT2D eigenvalue weighted by Gasteiger charge is -2.26. The molecule has 35 heavy (non-hydrogen) atoms. The smallest absolute Gasteiger partial charge is 0.178 e. The van der Waals surface area contributed by atoms with Crippen molar-refractivity contribution in [1.29, 1.82) is 0 Å². The standard InChI is InChI=1S/C24H26N6O4S/c1-35(31,32)21-4-3-17(18-5-6-25-22(18)21)19-13-16(34-10-2-7-29-8-11-33-12-9-29)15-30-23(19)20-14-26-27-24(20)28-30/h3-6,13-15,25H,2,7-12H2,1H3,(H,27,28). The van der Waals surface area contributed by atoms with Crippen LogP contribution in [0, 0.1) is 0 Å². The number of H-pyrrole nitrogens is 2. The van der Waals surface area contributed by atoms with Crippen LogP contribution in [0.4, 0.5) is 0 Å². The lowest BCUT2D eigenvalue weighted by Crippen LogP contribution is -2.37. The molecule has 0 radical (unpaired) electrons. The maximum absolute atomic E-state index is 12.3. The molecule has 4 aromatic heterocycles. The zero-order chi connectivity index (χ0) is 24.0. The van der Waals surface area contributed by atoms with E-state index in [9.17, 15) is 8.42 Å². The highest BCUT2D eigenvalue weighted by Crippen LogP contribution is 2.38. The van der Waals surface area contributed by atoms with Gasteiger partial charge in [-0.25, -0.2) is 12.9 Å². The predicted octanol–water partition coefficient (Wildman–Crippen LogP) is 2.86. The average Bonchev–Trinajstić information content (AvgIpc) is 3.57. The summed E-state index contributed by atoms with van der Waals surface area (Å²) in [4.78, 5) is 5.76. The van der Waals surface area contributed by atoms with Gasteiger partial charge < -0.3 is 14.5 Å². The summed E-state index contributed by atoms with van der Waals surface area (Å²) in [5.41, 5.74) is 3.92. The number of nitrogens with one attached hydrogen (secondary N) is 2. The molecular formula is C24H26N6O4S. The molecule has 0 atom stereocenters. The van der Waals surface area contributed by atoms with Gasteiger partial charge in [-0.15, -0.1) is 5.10 Å². The van der Waals surface area contributed by atoms with Crippen molar-refractivity contribution in [2.75, 3.05) is 45.7 Å². The number of fused-ring (bicyclic) bond motifs is 4. The second kappa shape index (κ2) is 8.67. The Morgan fingerprint density at radius 3 is 2.83 bits per heavy atom. The van der Waals surface area contributed by atoms with Crippen molar-refractivity contribution < 1.29 is 17.9 Å². The number of ether oxygens (including phenoxy) is 2. The summed E-state index contributed by atoms with van der Waals surface area (Å²) in [7, 11) is -3.39. The average molecular weight is 495 g/mol. The number of aromatic amines is 2. The summed E-state index contributed by atoms with van der Waals surface area (Å²) in [5.74, 6) is 0.698. The Bertz CT molecular complexity index is 1630. The summed E-state index contributed by atoms with van der Waals surface area (Å²) in [6, 6.07) is 7.40. The molecule has 5 heterocycles. The molecule has 0 aliphatic carbocycles. The van der Waals surface area contributed by atoms with Crippen LogP contribution in [0.3, 0.4) is 0 Å². The molecule has 1 aromatic carbocycles. The van der Waals surface area contributed by atoms with Gasteiger partial charge in [-0.2, -0.15) is 5.10 Å². The molecule has 0 saturated carbocycles. The molecule has 0 amide bonds. The molecule has 1 saturated heterocycles. The second-order valence-electron chi connectivity index (χ2n) is 8.82. The van der Waals surface area contributed by atoms with E-state index in [4.69, 9.17) is 9.47 Å². The Labute approximate surface area is 201 Å². The third-order valence-corrected chi connectivity index (χ3v) is 7.61.